The van der Waals surface area contributed by atoms with Crippen LogP contribution in [0.25, 0.3) is 0 Å². The predicted octanol–water partition coefficient (Wildman–Crippen LogP) is 0.231. The molecule has 0 aliphatic carbocycles. The molecule has 7 heteroatoms. The van der Waals surface area contributed by atoms with Gasteiger partial charge in [0.1, 0.15) is 5.69 Å². The lowest BCUT2D eigenvalue weighted by Gasteiger charge is -1.95. The molecule has 74 valence electrons. The monoisotopic (exact) mass is 211 g/mol. The number of rotatable bonds is 3. The molecule has 0 radical (unpaired) electrons. The molecule has 2 rings (SSSR count). The van der Waals surface area contributed by atoms with Gasteiger partial charge in [0.25, 0.3) is 0 Å². The average Bonchev–Trinajstić information content (AvgIpc) is 2.75. The summed E-state index contributed by atoms with van der Waals surface area (Å²) in [4.78, 5) is 0. The van der Waals surface area contributed by atoms with Crippen LogP contribution in [0.4, 0.5) is 0 Å². The Labute approximate surface area is 84.5 Å². The van der Waals surface area contributed by atoms with Crippen LogP contribution in [-0.2, 0) is 6.54 Å². The third kappa shape index (κ3) is 1.94. The minimum Gasteiger partial charge on any atom is -0.387 e. The summed E-state index contributed by atoms with van der Waals surface area (Å²) < 4.78 is 9.55. The van der Waals surface area contributed by atoms with Gasteiger partial charge in [0.15, 0.2) is 0 Å². The molecule has 0 bridgehead atoms. The highest BCUT2D eigenvalue weighted by atomic mass is 32.1. The molecule has 0 aliphatic heterocycles. The molecule has 0 saturated carbocycles. The van der Waals surface area contributed by atoms with E-state index in [1.54, 1.807) is 24.0 Å². The molecule has 0 saturated heterocycles. The summed E-state index contributed by atoms with van der Waals surface area (Å²) in [5.41, 5.74) is 1.41. The summed E-state index contributed by atoms with van der Waals surface area (Å²) in [6.45, 7) is 2.19. The number of aromatic nitrogens is 5. The maximum absolute atomic E-state index is 9.22. The van der Waals surface area contributed by atoms with Crippen molar-refractivity contribution in [2.45, 2.75) is 19.6 Å². The van der Waals surface area contributed by atoms with Crippen molar-refractivity contribution < 1.29 is 5.11 Å². The zero-order valence-electron chi connectivity index (χ0n) is 7.53. The maximum atomic E-state index is 9.22. The first-order valence-electron chi connectivity index (χ1n) is 4.10. The van der Waals surface area contributed by atoms with Gasteiger partial charge in [0.05, 0.1) is 42.5 Å². The molecule has 1 atom stereocenters. The third-order valence-electron chi connectivity index (χ3n) is 1.72. The van der Waals surface area contributed by atoms with Gasteiger partial charge in [0.2, 0.25) is 0 Å². The van der Waals surface area contributed by atoms with Crippen molar-refractivity contribution in [2.75, 3.05) is 0 Å². The lowest BCUT2D eigenvalue weighted by molar-refractivity contribution is 0.194. The largest absolute Gasteiger partial charge is 0.387 e. The number of aliphatic hydroxyl groups excluding tert-OH is 1. The van der Waals surface area contributed by atoms with E-state index in [1.807, 2.05) is 0 Å². The van der Waals surface area contributed by atoms with Gasteiger partial charge in [-0.3, -0.25) is 0 Å². The second-order valence-electron chi connectivity index (χ2n) is 2.92. The quantitative estimate of drug-likeness (QED) is 0.786. The van der Waals surface area contributed by atoms with Crippen LogP contribution in [0.5, 0.6) is 0 Å². The smallest absolute Gasteiger partial charge is 0.111 e. The van der Waals surface area contributed by atoms with Crippen molar-refractivity contribution in [1.29, 1.82) is 0 Å². The Bertz CT molecular complexity index is 396. The van der Waals surface area contributed by atoms with Gasteiger partial charge in [-0.15, -0.1) is 5.10 Å². The Hall–Kier alpha value is -1.34. The van der Waals surface area contributed by atoms with Crippen LogP contribution in [0.1, 0.15) is 24.4 Å². The van der Waals surface area contributed by atoms with E-state index < -0.39 is 6.10 Å². The standard InChI is InChI=1S/C7H9N5OS/c1-5(13)7-4-12(11-9-7)3-6-2-8-14-10-6/h2,4-5,13H,3H2,1H3. The second-order valence-corrected chi connectivity index (χ2v) is 3.47. The molecule has 0 aromatic carbocycles. The first-order valence-corrected chi connectivity index (χ1v) is 4.83. The summed E-state index contributed by atoms with van der Waals surface area (Å²) in [5, 5.41) is 16.9. The maximum Gasteiger partial charge on any atom is 0.111 e. The van der Waals surface area contributed by atoms with Crippen LogP contribution in [0.15, 0.2) is 12.4 Å². The fourth-order valence-corrected chi connectivity index (χ4v) is 1.43. The fraction of sp³-hybridized carbons (Fsp3) is 0.429. The molecule has 2 heterocycles. The third-order valence-corrected chi connectivity index (χ3v) is 2.23. The van der Waals surface area contributed by atoms with E-state index in [9.17, 15) is 5.11 Å². The highest BCUT2D eigenvalue weighted by Gasteiger charge is 2.07. The SMILES string of the molecule is CC(O)c1cn(Cc2cnsn2)nn1. The molecule has 14 heavy (non-hydrogen) atoms. The first-order chi connectivity index (χ1) is 6.75. The van der Waals surface area contributed by atoms with Crippen molar-refractivity contribution >= 4 is 11.7 Å². The van der Waals surface area contributed by atoms with Crippen LogP contribution in [0.3, 0.4) is 0 Å². The predicted molar refractivity (Wildman–Crippen MR) is 49.7 cm³/mol. The number of hydrogen-bond donors (Lipinski definition) is 1. The Morgan fingerprint density at radius 2 is 2.50 bits per heavy atom. The Balaban J connectivity index is 2.11. The van der Waals surface area contributed by atoms with Gasteiger partial charge in [-0.1, -0.05) is 5.21 Å². The summed E-state index contributed by atoms with van der Waals surface area (Å²) in [6, 6.07) is 0. The minimum atomic E-state index is -0.586. The van der Waals surface area contributed by atoms with E-state index in [1.165, 1.54) is 0 Å². The molecule has 1 N–H and O–H groups in total. The molecule has 0 aliphatic rings. The average molecular weight is 211 g/mol. The van der Waals surface area contributed by atoms with Crippen molar-refractivity contribution in [3.63, 3.8) is 0 Å². The lowest BCUT2D eigenvalue weighted by atomic mass is 10.3. The number of nitrogens with zero attached hydrogens (tertiary/aromatic N) is 5. The second kappa shape index (κ2) is 3.81. The van der Waals surface area contributed by atoms with Crippen molar-refractivity contribution in [1.82, 2.24) is 23.7 Å². The number of hydrogen-bond acceptors (Lipinski definition) is 6. The van der Waals surface area contributed by atoms with Crippen molar-refractivity contribution in [3.05, 3.63) is 23.8 Å². The lowest BCUT2D eigenvalue weighted by Crippen LogP contribution is -2.00. The van der Waals surface area contributed by atoms with E-state index >= 15 is 0 Å². The van der Waals surface area contributed by atoms with Gasteiger partial charge < -0.3 is 5.11 Å². The van der Waals surface area contributed by atoms with Crippen LogP contribution >= 0.6 is 11.7 Å². The number of aliphatic hydroxyl groups is 1. The Morgan fingerprint density at radius 3 is 3.07 bits per heavy atom. The summed E-state index contributed by atoms with van der Waals surface area (Å²) in [5.74, 6) is 0. The van der Waals surface area contributed by atoms with Crippen molar-refractivity contribution in [3.8, 4) is 0 Å². The molecule has 2 aromatic rings. The molecule has 2 aromatic heterocycles. The molecule has 0 fully saturated rings. The Morgan fingerprint density at radius 1 is 1.64 bits per heavy atom. The topological polar surface area (TPSA) is 76.7 Å². The van der Waals surface area contributed by atoms with Crippen LogP contribution in [0.2, 0.25) is 0 Å². The summed E-state index contributed by atoms with van der Waals surface area (Å²) >= 11 is 1.16. The van der Waals surface area contributed by atoms with Gasteiger partial charge in [-0.05, 0) is 6.92 Å². The van der Waals surface area contributed by atoms with E-state index in [0.29, 0.717) is 12.2 Å². The molecule has 0 amide bonds. The van der Waals surface area contributed by atoms with Crippen molar-refractivity contribution in [2.24, 2.45) is 0 Å². The van der Waals surface area contributed by atoms with Crippen LogP contribution in [-0.4, -0.2) is 28.8 Å². The summed E-state index contributed by atoms with van der Waals surface area (Å²) in [6.07, 6.45) is 2.80. The molecular weight excluding hydrogens is 202 g/mol. The highest BCUT2D eigenvalue weighted by molar-refractivity contribution is 6.99. The minimum absolute atomic E-state index is 0.538. The Kier molecular flexibility index (Phi) is 2.51. The highest BCUT2D eigenvalue weighted by Crippen LogP contribution is 2.07. The molecule has 1 unspecified atom stereocenters. The zero-order valence-corrected chi connectivity index (χ0v) is 8.35. The van der Waals surface area contributed by atoms with Gasteiger partial charge in [0, 0.05) is 0 Å². The first kappa shape index (κ1) is 9.22. The normalized spacial score (nSPS) is 13.0. The summed E-state index contributed by atoms with van der Waals surface area (Å²) in [7, 11) is 0. The van der Waals surface area contributed by atoms with Crippen LogP contribution in [0, 0.1) is 0 Å². The van der Waals surface area contributed by atoms with Gasteiger partial charge in [-0.2, -0.15) is 8.75 Å². The van der Waals surface area contributed by atoms with Crippen LogP contribution < -0.4 is 0 Å². The molecule has 6 nitrogen and oxygen atoms in total. The van der Waals surface area contributed by atoms with E-state index in [-0.39, 0.29) is 0 Å². The zero-order chi connectivity index (χ0) is 9.97. The van der Waals surface area contributed by atoms with E-state index in [0.717, 1.165) is 17.4 Å². The van der Waals surface area contributed by atoms with Gasteiger partial charge >= 0.3 is 0 Å². The molecule has 0 spiro atoms. The van der Waals surface area contributed by atoms with E-state index in [4.69, 9.17) is 0 Å². The molecular formula is C7H9N5OS. The fourth-order valence-electron chi connectivity index (χ4n) is 1.00. The van der Waals surface area contributed by atoms with Gasteiger partial charge in [-0.25, -0.2) is 4.68 Å². The van der Waals surface area contributed by atoms with E-state index in [2.05, 4.69) is 19.1 Å².